The minimum absolute atomic E-state index is 0.350. The van der Waals surface area contributed by atoms with Crippen molar-refractivity contribution < 1.29 is 5.11 Å². The van der Waals surface area contributed by atoms with Crippen LogP contribution in [0.25, 0.3) is 0 Å². The Labute approximate surface area is 110 Å². The van der Waals surface area contributed by atoms with Crippen LogP contribution in [0.1, 0.15) is 42.0 Å². The maximum Gasteiger partial charge on any atom is 0.120 e. The first-order valence-electron chi connectivity index (χ1n) is 6.73. The van der Waals surface area contributed by atoms with Crippen LogP contribution in [0.2, 0.25) is 0 Å². The summed E-state index contributed by atoms with van der Waals surface area (Å²) in [6.45, 7) is 6.38. The number of phenols is 1. The summed E-state index contributed by atoms with van der Waals surface area (Å²) in [5.41, 5.74) is 3.82. The summed E-state index contributed by atoms with van der Waals surface area (Å²) in [5, 5.41) is 13.4. The number of rotatable bonds is 4. The first kappa shape index (κ1) is 13.4. The zero-order valence-electron chi connectivity index (χ0n) is 11.8. The zero-order valence-corrected chi connectivity index (χ0v) is 11.8. The highest BCUT2D eigenvalue weighted by Gasteiger charge is 2.34. The molecule has 100 valence electrons. The molecule has 0 spiro atoms. The number of phenolic OH excluding ortho intramolecular Hbond substituents is 1. The van der Waals surface area contributed by atoms with Gasteiger partial charge in [-0.2, -0.15) is 0 Å². The number of fused-ring (bicyclic) bond motifs is 1. The van der Waals surface area contributed by atoms with Crippen molar-refractivity contribution in [2.75, 3.05) is 27.2 Å². The third-order valence-electron chi connectivity index (χ3n) is 4.13. The zero-order chi connectivity index (χ0) is 13.3. The van der Waals surface area contributed by atoms with E-state index in [9.17, 15) is 5.11 Å². The molecule has 1 aliphatic rings. The van der Waals surface area contributed by atoms with Gasteiger partial charge in [-0.3, -0.25) is 4.90 Å². The number of likely N-dealkylation sites (N-methyl/N-ethyl adjacent to an activating group) is 2. The highest BCUT2D eigenvalue weighted by Crippen LogP contribution is 2.48. The summed E-state index contributed by atoms with van der Waals surface area (Å²) >= 11 is 0. The summed E-state index contributed by atoms with van der Waals surface area (Å²) in [4.78, 5) is 2.35. The minimum Gasteiger partial charge on any atom is -0.508 e. The van der Waals surface area contributed by atoms with Crippen LogP contribution in [0, 0.1) is 6.92 Å². The first-order valence-corrected chi connectivity index (χ1v) is 6.73. The van der Waals surface area contributed by atoms with Gasteiger partial charge in [-0.1, -0.05) is 13.0 Å². The number of nitrogens with zero attached hydrogens (tertiary/aromatic N) is 1. The fourth-order valence-corrected chi connectivity index (χ4v) is 3.15. The molecule has 0 amide bonds. The number of benzene rings is 1. The molecule has 18 heavy (non-hydrogen) atoms. The predicted molar refractivity (Wildman–Crippen MR) is 75.2 cm³/mol. The standard InChI is InChI=1S/C15H24N2O/c1-10-5-6-13(18)15-12(9-11(2)14(10)15)17(4)8-7-16-3/h5-6,11-12,16,18H,7-9H2,1-4H3. The molecule has 0 radical (unpaired) electrons. The third-order valence-corrected chi connectivity index (χ3v) is 4.13. The Morgan fingerprint density at radius 3 is 2.78 bits per heavy atom. The van der Waals surface area contributed by atoms with E-state index in [0.29, 0.717) is 17.7 Å². The number of hydrogen-bond donors (Lipinski definition) is 2. The molecule has 0 saturated carbocycles. The Hall–Kier alpha value is -1.06. The van der Waals surface area contributed by atoms with Crippen molar-refractivity contribution >= 4 is 0 Å². The van der Waals surface area contributed by atoms with E-state index in [1.165, 1.54) is 11.1 Å². The van der Waals surface area contributed by atoms with Gasteiger partial charge in [-0.05, 0) is 50.6 Å². The van der Waals surface area contributed by atoms with Crippen molar-refractivity contribution in [3.8, 4) is 5.75 Å². The van der Waals surface area contributed by atoms with Crippen LogP contribution in [-0.2, 0) is 0 Å². The molecular formula is C15H24N2O. The molecular weight excluding hydrogens is 224 g/mol. The third kappa shape index (κ3) is 2.25. The van der Waals surface area contributed by atoms with E-state index >= 15 is 0 Å². The van der Waals surface area contributed by atoms with Crippen LogP contribution < -0.4 is 5.32 Å². The Kier molecular flexibility index (Phi) is 3.93. The molecule has 0 saturated heterocycles. The van der Waals surface area contributed by atoms with Gasteiger partial charge in [0.2, 0.25) is 0 Å². The molecule has 0 bridgehead atoms. The second kappa shape index (κ2) is 5.29. The maximum absolute atomic E-state index is 10.2. The van der Waals surface area contributed by atoms with Crippen molar-refractivity contribution in [1.29, 1.82) is 0 Å². The van der Waals surface area contributed by atoms with Gasteiger partial charge in [-0.25, -0.2) is 0 Å². The molecule has 3 nitrogen and oxygen atoms in total. The minimum atomic E-state index is 0.350. The van der Waals surface area contributed by atoms with E-state index in [0.717, 1.165) is 25.1 Å². The van der Waals surface area contributed by atoms with Crippen molar-refractivity contribution in [3.63, 3.8) is 0 Å². The Bertz CT molecular complexity index is 431. The second-order valence-electron chi connectivity index (χ2n) is 5.47. The monoisotopic (exact) mass is 248 g/mol. The van der Waals surface area contributed by atoms with Crippen molar-refractivity contribution in [2.45, 2.75) is 32.2 Å². The number of aromatic hydroxyl groups is 1. The molecule has 2 unspecified atom stereocenters. The average Bonchev–Trinajstić information content (AvgIpc) is 2.70. The number of nitrogens with one attached hydrogen (secondary N) is 1. The van der Waals surface area contributed by atoms with E-state index < -0.39 is 0 Å². The largest absolute Gasteiger partial charge is 0.508 e. The lowest BCUT2D eigenvalue weighted by molar-refractivity contribution is 0.237. The topological polar surface area (TPSA) is 35.5 Å². The number of hydrogen-bond acceptors (Lipinski definition) is 3. The van der Waals surface area contributed by atoms with Gasteiger partial charge in [0.15, 0.2) is 0 Å². The summed E-state index contributed by atoms with van der Waals surface area (Å²) in [5.74, 6) is 0.996. The molecule has 1 aromatic carbocycles. The van der Waals surface area contributed by atoms with Crippen molar-refractivity contribution in [2.24, 2.45) is 0 Å². The van der Waals surface area contributed by atoms with Gasteiger partial charge in [0.1, 0.15) is 5.75 Å². The molecule has 2 atom stereocenters. The lowest BCUT2D eigenvalue weighted by atomic mass is 9.97. The maximum atomic E-state index is 10.2. The lowest BCUT2D eigenvalue weighted by Crippen LogP contribution is -2.30. The van der Waals surface area contributed by atoms with Crippen LogP contribution >= 0.6 is 0 Å². The van der Waals surface area contributed by atoms with Gasteiger partial charge in [0.05, 0.1) is 0 Å². The second-order valence-corrected chi connectivity index (χ2v) is 5.47. The van der Waals surface area contributed by atoms with Crippen LogP contribution in [0.3, 0.4) is 0 Å². The van der Waals surface area contributed by atoms with Crippen LogP contribution in [0.5, 0.6) is 5.75 Å². The smallest absolute Gasteiger partial charge is 0.120 e. The molecule has 0 heterocycles. The Balaban J connectivity index is 2.32. The average molecular weight is 248 g/mol. The van der Waals surface area contributed by atoms with Crippen LogP contribution in [-0.4, -0.2) is 37.2 Å². The van der Waals surface area contributed by atoms with E-state index in [1.807, 2.05) is 19.2 Å². The summed E-state index contributed by atoms with van der Waals surface area (Å²) in [6, 6.07) is 4.22. The quantitative estimate of drug-likeness (QED) is 0.859. The fraction of sp³-hybridized carbons (Fsp3) is 0.600. The van der Waals surface area contributed by atoms with Gasteiger partial charge in [0.25, 0.3) is 0 Å². The van der Waals surface area contributed by atoms with Gasteiger partial charge >= 0.3 is 0 Å². The van der Waals surface area contributed by atoms with Crippen molar-refractivity contribution in [3.05, 3.63) is 28.8 Å². The van der Waals surface area contributed by atoms with Crippen LogP contribution in [0.4, 0.5) is 0 Å². The highest BCUT2D eigenvalue weighted by atomic mass is 16.3. The van der Waals surface area contributed by atoms with E-state index in [1.54, 1.807) is 0 Å². The van der Waals surface area contributed by atoms with E-state index in [2.05, 4.69) is 31.1 Å². The highest BCUT2D eigenvalue weighted by molar-refractivity contribution is 5.50. The molecule has 1 aromatic rings. The van der Waals surface area contributed by atoms with Crippen molar-refractivity contribution in [1.82, 2.24) is 10.2 Å². The van der Waals surface area contributed by atoms with E-state index in [-0.39, 0.29) is 0 Å². The molecule has 2 N–H and O–H groups in total. The summed E-state index contributed by atoms with van der Waals surface area (Å²) in [7, 11) is 4.12. The van der Waals surface area contributed by atoms with E-state index in [4.69, 9.17) is 0 Å². The Morgan fingerprint density at radius 1 is 1.39 bits per heavy atom. The molecule has 1 aliphatic carbocycles. The fourth-order valence-electron chi connectivity index (χ4n) is 3.15. The normalized spacial score (nSPS) is 22.5. The summed E-state index contributed by atoms with van der Waals surface area (Å²) < 4.78 is 0. The first-order chi connectivity index (χ1) is 8.56. The summed E-state index contributed by atoms with van der Waals surface area (Å²) in [6.07, 6.45) is 1.11. The molecule has 0 fully saturated rings. The molecule has 3 heteroatoms. The molecule has 0 aromatic heterocycles. The van der Waals surface area contributed by atoms with Gasteiger partial charge in [-0.15, -0.1) is 0 Å². The molecule has 2 rings (SSSR count). The molecule has 0 aliphatic heterocycles. The SMILES string of the molecule is CNCCN(C)C1CC(C)c2c(C)ccc(O)c21. The lowest BCUT2D eigenvalue weighted by Gasteiger charge is -2.25. The van der Waals surface area contributed by atoms with Gasteiger partial charge in [0, 0.05) is 24.7 Å². The van der Waals surface area contributed by atoms with Gasteiger partial charge < -0.3 is 10.4 Å². The van der Waals surface area contributed by atoms with Crippen LogP contribution in [0.15, 0.2) is 12.1 Å². The number of aryl methyl sites for hydroxylation is 1. The Morgan fingerprint density at radius 2 is 2.11 bits per heavy atom. The predicted octanol–water partition coefficient (Wildman–Crippen LogP) is 2.40.